The van der Waals surface area contributed by atoms with Crippen molar-refractivity contribution in [3.05, 3.63) is 24.0 Å². The molecule has 1 saturated heterocycles. The van der Waals surface area contributed by atoms with Crippen molar-refractivity contribution in [2.75, 3.05) is 32.7 Å². The minimum absolute atomic E-state index is 0.283. The summed E-state index contributed by atoms with van der Waals surface area (Å²) in [5, 5.41) is 0. The zero-order valence-electron chi connectivity index (χ0n) is 17.6. The SMILES string of the molecule is CC(C)OC1CC(Oc2ccc(CCCN3CCN(C(C)C)CC3)nc2)C1. The lowest BCUT2D eigenvalue weighted by Gasteiger charge is -2.36. The van der Waals surface area contributed by atoms with Crippen molar-refractivity contribution in [3.63, 3.8) is 0 Å². The van der Waals surface area contributed by atoms with E-state index in [4.69, 9.17) is 9.47 Å². The largest absolute Gasteiger partial charge is 0.489 e. The number of ether oxygens (including phenoxy) is 2. The van der Waals surface area contributed by atoms with Crippen molar-refractivity contribution in [2.24, 2.45) is 0 Å². The summed E-state index contributed by atoms with van der Waals surface area (Å²) >= 11 is 0. The second-order valence-electron chi connectivity index (χ2n) is 8.58. The average Bonchev–Trinajstić information content (AvgIpc) is 2.61. The Balaban J connectivity index is 1.31. The zero-order chi connectivity index (χ0) is 19.2. The molecule has 1 aliphatic carbocycles. The highest BCUT2D eigenvalue weighted by Gasteiger charge is 2.32. The van der Waals surface area contributed by atoms with Crippen LogP contribution in [0.1, 0.15) is 52.7 Å². The summed E-state index contributed by atoms with van der Waals surface area (Å²) in [5.41, 5.74) is 1.16. The maximum Gasteiger partial charge on any atom is 0.138 e. The fourth-order valence-corrected chi connectivity index (χ4v) is 3.92. The topological polar surface area (TPSA) is 37.8 Å². The summed E-state index contributed by atoms with van der Waals surface area (Å²) in [6.45, 7) is 14.7. The molecule has 2 fully saturated rings. The predicted molar refractivity (Wildman–Crippen MR) is 109 cm³/mol. The van der Waals surface area contributed by atoms with Crippen LogP contribution in [0.3, 0.4) is 0 Å². The lowest BCUT2D eigenvalue weighted by Crippen LogP contribution is -2.48. The van der Waals surface area contributed by atoms with Crippen LogP contribution in [0.4, 0.5) is 0 Å². The van der Waals surface area contributed by atoms with Gasteiger partial charge in [0.05, 0.1) is 18.4 Å². The molecule has 1 aromatic heterocycles. The molecule has 0 bridgehead atoms. The molecule has 152 valence electrons. The van der Waals surface area contributed by atoms with Crippen molar-refractivity contribution in [2.45, 2.75) is 77.7 Å². The lowest BCUT2D eigenvalue weighted by molar-refractivity contribution is -0.0850. The monoisotopic (exact) mass is 375 g/mol. The molecule has 0 spiro atoms. The third-order valence-corrected chi connectivity index (χ3v) is 5.66. The minimum Gasteiger partial charge on any atom is -0.489 e. The Hall–Kier alpha value is -1.17. The van der Waals surface area contributed by atoms with Gasteiger partial charge in [0.2, 0.25) is 0 Å². The van der Waals surface area contributed by atoms with Gasteiger partial charge in [-0.1, -0.05) is 0 Å². The van der Waals surface area contributed by atoms with Gasteiger partial charge in [-0.2, -0.15) is 0 Å². The molecule has 2 heterocycles. The molecular formula is C22H37N3O2. The Morgan fingerprint density at radius 1 is 1.04 bits per heavy atom. The number of aryl methyl sites for hydroxylation is 1. The highest BCUT2D eigenvalue weighted by Crippen LogP contribution is 2.28. The molecule has 2 aliphatic rings. The molecule has 0 unspecified atom stereocenters. The summed E-state index contributed by atoms with van der Waals surface area (Å²) in [6, 6.07) is 4.86. The first-order chi connectivity index (χ1) is 13.0. The molecule has 27 heavy (non-hydrogen) atoms. The van der Waals surface area contributed by atoms with E-state index in [0.29, 0.717) is 18.2 Å². The second kappa shape index (κ2) is 9.85. The van der Waals surface area contributed by atoms with Gasteiger partial charge in [0, 0.05) is 50.8 Å². The van der Waals surface area contributed by atoms with Gasteiger partial charge in [-0.3, -0.25) is 9.88 Å². The van der Waals surface area contributed by atoms with Gasteiger partial charge in [0.15, 0.2) is 0 Å². The van der Waals surface area contributed by atoms with E-state index in [1.54, 1.807) is 0 Å². The van der Waals surface area contributed by atoms with Gasteiger partial charge in [0.25, 0.3) is 0 Å². The van der Waals surface area contributed by atoms with Crippen LogP contribution < -0.4 is 4.74 Å². The first kappa shape index (κ1) is 20.6. The van der Waals surface area contributed by atoms with E-state index in [-0.39, 0.29) is 6.10 Å². The van der Waals surface area contributed by atoms with Crippen LogP contribution >= 0.6 is 0 Å². The molecule has 0 N–H and O–H groups in total. The first-order valence-electron chi connectivity index (χ1n) is 10.7. The van der Waals surface area contributed by atoms with Crippen LogP contribution in [0.5, 0.6) is 5.75 Å². The van der Waals surface area contributed by atoms with Gasteiger partial charge in [-0.25, -0.2) is 0 Å². The van der Waals surface area contributed by atoms with Crippen LogP contribution in [0, 0.1) is 0 Å². The standard InChI is InChI=1S/C22H37N3O2/c1-17(2)25-12-10-24(11-13-25)9-5-6-19-7-8-20(16-23-19)27-22-14-21(15-22)26-18(3)4/h7-8,16-18,21-22H,5-6,9-15H2,1-4H3. The number of pyridine rings is 1. The fraction of sp³-hybridized carbons (Fsp3) is 0.773. The van der Waals surface area contributed by atoms with Crippen LogP contribution in [-0.4, -0.2) is 71.9 Å². The van der Waals surface area contributed by atoms with Crippen molar-refractivity contribution < 1.29 is 9.47 Å². The number of rotatable bonds is 9. The van der Waals surface area contributed by atoms with Crippen molar-refractivity contribution >= 4 is 0 Å². The minimum atomic E-state index is 0.283. The molecule has 1 aliphatic heterocycles. The lowest BCUT2D eigenvalue weighted by atomic mass is 9.92. The van der Waals surface area contributed by atoms with E-state index in [2.05, 4.69) is 54.6 Å². The Labute approximate surface area is 165 Å². The Morgan fingerprint density at radius 3 is 2.37 bits per heavy atom. The number of hydrogen-bond acceptors (Lipinski definition) is 5. The summed E-state index contributed by atoms with van der Waals surface area (Å²) < 4.78 is 11.8. The van der Waals surface area contributed by atoms with E-state index in [1.807, 2.05) is 6.20 Å². The summed E-state index contributed by atoms with van der Waals surface area (Å²) in [7, 11) is 0. The summed E-state index contributed by atoms with van der Waals surface area (Å²) in [5.74, 6) is 0.886. The van der Waals surface area contributed by atoms with E-state index in [0.717, 1.165) is 30.7 Å². The molecule has 0 atom stereocenters. The number of aromatic nitrogens is 1. The Bertz CT molecular complexity index is 547. The van der Waals surface area contributed by atoms with Gasteiger partial charge in [0.1, 0.15) is 11.9 Å². The maximum absolute atomic E-state index is 5.99. The fourth-order valence-electron chi connectivity index (χ4n) is 3.92. The quantitative estimate of drug-likeness (QED) is 0.661. The smallest absolute Gasteiger partial charge is 0.138 e. The van der Waals surface area contributed by atoms with E-state index in [9.17, 15) is 0 Å². The van der Waals surface area contributed by atoms with Crippen LogP contribution in [0.25, 0.3) is 0 Å². The summed E-state index contributed by atoms with van der Waals surface area (Å²) in [6.07, 6.45) is 7.03. The number of hydrogen-bond donors (Lipinski definition) is 0. The summed E-state index contributed by atoms with van der Waals surface area (Å²) in [4.78, 5) is 9.74. The zero-order valence-corrected chi connectivity index (χ0v) is 17.6. The Morgan fingerprint density at radius 2 is 1.78 bits per heavy atom. The van der Waals surface area contributed by atoms with E-state index >= 15 is 0 Å². The highest BCUT2D eigenvalue weighted by molar-refractivity contribution is 5.20. The van der Waals surface area contributed by atoms with Gasteiger partial charge >= 0.3 is 0 Å². The van der Waals surface area contributed by atoms with Gasteiger partial charge in [-0.05, 0) is 59.2 Å². The average molecular weight is 376 g/mol. The van der Waals surface area contributed by atoms with Gasteiger partial charge in [-0.15, -0.1) is 0 Å². The molecule has 1 saturated carbocycles. The third kappa shape index (κ3) is 6.44. The number of nitrogens with zero attached hydrogens (tertiary/aromatic N) is 3. The van der Waals surface area contributed by atoms with E-state index in [1.165, 1.54) is 39.1 Å². The molecular weight excluding hydrogens is 338 g/mol. The molecule has 3 rings (SSSR count). The van der Waals surface area contributed by atoms with Crippen molar-refractivity contribution in [1.82, 2.24) is 14.8 Å². The molecule has 5 heteroatoms. The number of piperazine rings is 1. The van der Waals surface area contributed by atoms with Crippen LogP contribution in [0.15, 0.2) is 18.3 Å². The second-order valence-corrected chi connectivity index (χ2v) is 8.58. The maximum atomic E-state index is 5.99. The third-order valence-electron chi connectivity index (χ3n) is 5.66. The highest BCUT2D eigenvalue weighted by atomic mass is 16.5. The van der Waals surface area contributed by atoms with Crippen molar-refractivity contribution in [3.8, 4) is 5.75 Å². The van der Waals surface area contributed by atoms with Crippen LogP contribution in [-0.2, 0) is 11.2 Å². The molecule has 1 aromatic rings. The van der Waals surface area contributed by atoms with Gasteiger partial charge < -0.3 is 14.4 Å². The Kier molecular flexibility index (Phi) is 7.50. The molecule has 0 radical (unpaired) electrons. The van der Waals surface area contributed by atoms with E-state index < -0.39 is 0 Å². The molecule has 0 amide bonds. The molecule has 5 nitrogen and oxygen atoms in total. The molecule has 0 aromatic carbocycles. The van der Waals surface area contributed by atoms with Crippen molar-refractivity contribution in [1.29, 1.82) is 0 Å². The normalized spacial score (nSPS) is 24.4. The van der Waals surface area contributed by atoms with Crippen LogP contribution in [0.2, 0.25) is 0 Å². The first-order valence-corrected chi connectivity index (χ1v) is 10.7. The predicted octanol–water partition coefficient (Wildman–Crippen LogP) is 3.38.